The van der Waals surface area contributed by atoms with E-state index in [1.54, 1.807) is 41.5 Å². The smallest absolute Gasteiger partial charge is 0.329 e. The van der Waals surface area contributed by atoms with Crippen LogP contribution in [-0.4, -0.2) is 78.0 Å². The molecule has 6 N–H and O–H groups in total. The van der Waals surface area contributed by atoms with Crippen molar-refractivity contribution in [2.75, 3.05) is 13.1 Å². The van der Waals surface area contributed by atoms with Gasteiger partial charge >= 0.3 is 18.0 Å². The number of unbranched alkanes of at least 4 members (excludes halogenated alkanes) is 1. The third-order valence-corrected chi connectivity index (χ3v) is 9.51. The molecule has 2 aromatic rings. The minimum Gasteiger partial charge on any atom is -0.460 e. The Morgan fingerprint density at radius 3 is 2.02 bits per heavy atom. The van der Waals surface area contributed by atoms with E-state index in [-0.39, 0.29) is 42.8 Å². The van der Waals surface area contributed by atoms with Crippen molar-refractivity contribution < 1.29 is 38.2 Å². The number of rotatable bonds is 18. The minimum atomic E-state index is -1.15. The van der Waals surface area contributed by atoms with Gasteiger partial charge in [0.25, 0.3) is 0 Å². The van der Waals surface area contributed by atoms with Gasteiger partial charge in [0.05, 0.1) is 6.04 Å². The maximum Gasteiger partial charge on any atom is 0.329 e. The Labute approximate surface area is 326 Å². The zero-order valence-electron chi connectivity index (χ0n) is 33.8. The van der Waals surface area contributed by atoms with Gasteiger partial charge in [0.15, 0.2) is 5.78 Å². The Kier molecular flexibility index (Phi) is 17.1. The second-order valence-electron chi connectivity index (χ2n) is 16.7. The van der Waals surface area contributed by atoms with Crippen LogP contribution in [0, 0.1) is 11.8 Å². The number of Topliss-reactive ketones (excluding diaryl/α,β-unsaturated/α-hetero) is 1. The quantitative estimate of drug-likeness (QED) is 0.102. The molecule has 0 spiro atoms. The van der Waals surface area contributed by atoms with Crippen molar-refractivity contribution >= 4 is 46.3 Å². The number of nitrogens with one attached hydrogen (secondary N) is 4. The molecule has 304 valence electrons. The summed E-state index contributed by atoms with van der Waals surface area (Å²) in [7, 11) is 0. The van der Waals surface area contributed by atoms with Crippen LogP contribution in [0.5, 0.6) is 0 Å². The molecule has 1 aliphatic rings. The predicted octanol–water partition coefficient (Wildman–Crippen LogP) is 5.01. The highest BCUT2D eigenvalue weighted by molar-refractivity contribution is 5.90. The van der Waals surface area contributed by atoms with Crippen molar-refractivity contribution in [1.82, 2.24) is 21.3 Å². The van der Waals surface area contributed by atoms with Crippen LogP contribution in [0.3, 0.4) is 0 Å². The van der Waals surface area contributed by atoms with Crippen molar-refractivity contribution in [3.8, 4) is 0 Å². The highest BCUT2D eigenvalue weighted by atomic mass is 16.6. The second-order valence-corrected chi connectivity index (χ2v) is 16.7. The molecule has 0 saturated heterocycles. The summed E-state index contributed by atoms with van der Waals surface area (Å²) < 4.78 is 10.8. The molecule has 3 rings (SSSR count). The monoisotopic (exact) mass is 765 g/mol. The molecule has 3 atom stereocenters. The summed E-state index contributed by atoms with van der Waals surface area (Å²) in [6.07, 6.45) is 4.71. The van der Waals surface area contributed by atoms with E-state index in [1.807, 2.05) is 42.5 Å². The van der Waals surface area contributed by atoms with Gasteiger partial charge in [0.1, 0.15) is 23.3 Å². The molecule has 0 bridgehead atoms. The Morgan fingerprint density at radius 2 is 1.40 bits per heavy atom. The molecule has 2 aromatic carbocycles. The lowest BCUT2D eigenvalue weighted by atomic mass is 9.81. The lowest BCUT2D eigenvalue weighted by molar-refractivity contribution is -0.158. The van der Waals surface area contributed by atoms with E-state index < -0.39 is 47.3 Å². The fourth-order valence-electron chi connectivity index (χ4n) is 6.58. The Hall–Kier alpha value is -4.52. The maximum absolute atomic E-state index is 13.6. The number of carbonyl (C=O) groups is 6. The summed E-state index contributed by atoms with van der Waals surface area (Å²) in [5, 5.41) is 13.3. The molecule has 0 radical (unpaired) electrons. The predicted molar refractivity (Wildman–Crippen MR) is 212 cm³/mol. The van der Waals surface area contributed by atoms with E-state index >= 15 is 0 Å². The standard InChI is InChI=1S/C42H63N5O8/c1-27(48)33(46-40(53)47-34(39(52)55-42(5,6)7)21-22-36(49)54-41(2,3)4)14-10-11-23-44-38(51)35(45-37(50)31-19-15-28(26-43)16-20-31)25-29-17-18-30-12-8-9-13-32(30)24-29/h8-9,12-13,17-18,24,28,31,33-35H,10-11,14-16,19-23,25-26,43H2,1-7H3,(H,44,51)(H,45,50)(H2,46,47,53)/t28?,31?,33-,34-,35-/m0/s1. The number of hydrogen-bond donors (Lipinski definition) is 5. The Balaban J connectivity index is 1.56. The van der Waals surface area contributed by atoms with Gasteiger partial charge in [0.2, 0.25) is 11.8 Å². The van der Waals surface area contributed by atoms with Crippen LogP contribution in [-0.2, 0) is 39.9 Å². The van der Waals surface area contributed by atoms with Gasteiger partial charge in [-0.2, -0.15) is 0 Å². The SMILES string of the molecule is CC(=O)[C@H](CCCCNC(=O)[C@H](Cc1ccc2ccccc2c1)NC(=O)C1CCC(CN)CC1)NC(=O)N[C@@H](CCC(=O)OC(C)(C)C)C(=O)OC(C)(C)C. The third kappa shape index (κ3) is 16.4. The first-order valence-electron chi connectivity index (χ1n) is 19.6. The van der Waals surface area contributed by atoms with Crippen LogP contribution in [0.1, 0.15) is 112 Å². The fourth-order valence-corrected chi connectivity index (χ4v) is 6.58. The van der Waals surface area contributed by atoms with Crippen molar-refractivity contribution in [1.29, 1.82) is 0 Å². The number of carbonyl (C=O) groups excluding carboxylic acids is 6. The summed E-state index contributed by atoms with van der Waals surface area (Å²) >= 11 is 0. The summed E-state index contributed by atoms with van der Waals surface area (Å²) in [6.45, 7) is 12.6. The van der Waals surface area contributed by atoms with E-state index in [4.69, 9.17) is 15.2 Å². The van der Waals surface area contributed by atoms with Crippen LogP contribution in [0.2, 0.25) is 0 Å². The van der Waals surface area contributed by atoms with E-state index in [2.05, 4.69) is 21.3 Å². The van der Waals surface area contributed by atoms with Crippen molar-refractivity contribution in [2.45, 2.75) is 142 Å². The second kappa shape index (κ2) is 21.0. The molecule has 0 aromatic heterocycles. The Morgan fingerprint density at radius 1 is 0.764 bits per heavy atom. The Bertz CT molecular complexity index is 1620. The van der Waals surface area contributed by atoms with E-state index in [1.165, 1.54) is 6.92 Å². The molecule has 55 heavy (non-hydrogen) atoms. The highest BCUT2D eigenvalue weighted by Gasteiger charge is 2.31. The molecule has 0 heterocycles. The summed E-state index contributed by atoms with van der Waals surface area (Å²) in [5.74, 6) is -1.66. The topological polar surface area (TPSA) is 195 Å². The lowest BCUT2D eigenvalue weighted by Crippen LogP contribution is -2.52. The normalized spacial score (nSPS) is 17.6. The molecule has 0 aliphatic heterocycles. The zero-order chi connectivity index (χ0) is 40.8. The van der Waals surface area contributed by atoms with Gasteiger partial charge in [-0.05, 0) is 129 Å². The summed E-state index contributed by atoms with van der Waals surface area (Å²) in [6, 6.07) is 10.5. The average Bonchev–Trinajstić information content (AvgIpc) is 3.10. The molecular formula is C42H63N5O8. The van der Waals surface area contributed by atoms with E-state index in [0.29, 0.717) is 38.3 Å². The van der Waals surface area contributed by atoms with Gasteiger partial charge in [0, 0.05) is 25.3 Å². The van der Waals surface area contributed by atoms with Crippen molar-refractivity contribution in [3.63, 3.8) is 0 Å². The first kappa shape index (κ1) is 44.9. The zero-order valence-corrected chi connectivity index (χ0v) is 33.8. The van der Waals surface area contributed by atoms with Crippen LogP contribution in [0.15, 0.2) is 42.5 Å². The molecule has 13 heteroatoms. The van der Waals surface area contributed by atoms with Gasteiger partial charge in [-0.3, -0.25) is 19.2 Å². The first-order valence-corrected chi connectivity index (χ1v) is 19.6. The van der Waals surface area contributed by atoms with Crippen molar-refractivity contribution in [3.05, 3.63) is 48.0 Å². The molecule has 13 nitrogen and oxygen atoms in total. The fraction of sp³-hybridized carbons (Fsp3) is 0.619. The largest absolute Gasteiger partial charge is 0.460 e. The minimum absolute atomic E-state index is 0.0561. The molecule has 4 amide bonds. The number of urea groups is 1. The number of benzene rings is 2. The number of ether oxygens (including phenoxy) is 2. The van der Waals surface area contributed by atoms with Gasteiger partial charge < -0.3 is 36.5 Å². The number of hydrogen-bond acceptors (Lipinski definition) is 9. The van der Waals surface area contributed by atoms with Crippen molar-refractivity contribution in [2.24, 2.45) is 17.6 Å². The van der Waals surface area contributed by atoms with Gasteiger partial charge in [-0.15, -0.1) is 0 Å². The summed E-state index contributed by atoms with van der Waals surface area (Å²) in [5.41, 5.74) is 5.24. The highest BCUT2D eigenvalue weighted by Crippen LogP contribution is 2.28. The summed E-state index contributed by atoms with van der Waals surface area (Å²) in [4.78, 5) is 77.7. The molecule has 0 unspecified atom stereocenters. The average molecular weight is 766 g/mol. The van der Waals surface area contributed by atoms with Crippen LogP contribution in [0.4, 0.5) is 4.79 Å². The third-order valence-electron chi connectivity index (χ3n) is 9.51. The van der Waals surface area contributed by atoms with E-state index in [9.17, 15) is 28.8 Å². The van der Waals surface area contributed by atoms with Crippen LogP contribution < -0.4 is 27.0 Å². The van der Waals surface area contributed by atoms with Gasteiger partial charge in [-0.25, -0.2) is 9.59 Å². The number of esters is 2. The molecule has 1 saturated carbocycles. The van der Waals surface area contributed by atoms with Crippen LogP contribution >= 0.6 is 0 Å². The van der Waals surface area contributed by atoms with E-state index in [0.717, 1.165) is 42.0 Å². The lowest BCUT2D eigenvalue weighted by Gasteiger charge is -2.28. The number of nitrogens with two attached hydrogens (primary N) is 1. The molecular weight excluding hydrogens is 702 g/mol. The number of amides is 4. The van der Waals surface area contributed by atoms with Gasteiger partial charge in [-0.1, -0.05) is 42.5 Å². The maximum atomic E-state index is 13.6. The number of fused-ring (bicyclic) bond motifs is 1. The molecule has 1 fully saturated rings. The molecule has 1 aliphatic carbocycles. The number of ketones is 1. The van der Waals surface area contributed by atoms with Crippen LogP contribution in [0.25, 0.3) is 10.8 Å². The first-order chi connectivity index (χ1) is 25.8.